The van der Waals surface area contributed by atoms with Gasteiger partial charge in [-0.25, -0.2) is 4.39 Å². The van der Waals surface area contributed by atoms with Gasteiger partial charge in [0.15, 0.2) is 0 Å². The molecule has 0 amide bonds. The van der Waals surface area contributed by atoms with Crippen LogP contribution < -0.4 is 0 Å². The number of halogens is 1. The summed E-state index contributed by atoms with van der Waals surface area (Å²) in [6.45, 7) is 6.19. The second-order valence-corrected chi connectivity index (χ2v) is 4.82. The van der Waals surface area contributed by atoms with Gasteiger partial charge in [0, 0.05) is 18.7 Å². The first-order valence-electron chi connectivity index (χ1n) is 6.15. The molecule has 0 N–H and O–H groups in total. The highest BCUT2D eigenvalue weighted by molar-refractivity contribution is 5.83. The smallest absolute Gasteiger partial charge is 0.123 e. The summed E-state index contributed by atoms with van der Waals surface area (Å²) in [5.74, 6) is 0.0903. The van der Waals surface area contributed by atoms with Gasteiger partial charge in [-0.1, -0.05) is 13.8 Å². The van der Waals surface area contributed by atoms with Gasteiger partial charge in [-0.05, 0) is 42.2 Å². The molecule has 3 heteroatoms. The monoisotopic (exact) mass is 247 g/mol. The average molecular weight is 247 g/mol. The van der Waals surface area contributed by atoms with Gasteiger partial charge in [0.05, 0.1) is 11.6 Å². The zero-order valence-corrected chi connectivity index (χ0v) is 11.2. The van der Waals surface area contributed by atoms with E-state index in [4.69, 9.17) is 4.74 Å². The number of pyridine rings is 1. The van der Waals surface area contributed by atoms with Gasteiger partial charge in [-0.3, -0.25) is 4.98 Å². The Morgan fingerprint density at radius 1 is 1.22 bits per heavy atom. The molecule has 1 unspecified atom stereocenters. The summed E-state index contributed by atoms with van der Waals surface area (Å²) in [5, 5.41) is 0.843. The summed E-state index contributed by atoms with van der Waals surface area (Å²) >= 11 is 0. The minimum Gasteiger partial charge on any atom is -0.377 e. The van der Waals surface area contributed by atoms with Crippen molar-refractivity contribution in [3.05, 3.63) is 41.3 Å². The van der Waals surface area contributed by atoms with Crippen LogP contribution in [0.15, 0.2) is 24.4 Å². The van der Waals surface area contributed by atoms with E-state index in [1.807, 2.05) is 13.1 Å². The molecule has 2 nitrogen and oxygen atoms in total. The normalized spacial score (nSPS) is 13.2. The van der Waals surface area contributed by atoms with Crippen molar-refractivity contribution in [2.75, 3.05) is 7.11 Å². The summed E-state index contributed by atoms with van der Waals surface area (Å²) in [7, 11) is 1.67. The Balaban J connectivity index is 2.79. The van der Waals surface area contributed by atoms with E-state index in [2.05, 4.69) is 18.8 Å². The van der Waals surface area contributed by atoms with Crippen LogP contribution in [0.25, 0.3) is 10.9 Å². The fraction of sp³-hybridized carbons (Fsp3) is 0.400. The number of ether oxygens (including phenoxy) is 1. The summed E-state index contributed by atoms with van der Waals surface area (Å²) in [6, 6.07) is 4.69. The number of aromatic nitrogens is 1. The molecule has 96 valence electrons. The first-order valence-corrected chi connectivity index (χ1v) is 6.15. The minimum atomic E-state index is -0.241. The molecule has 0 saturated heterocycles. The molecule has 0 aliphatic heterocycles. The van der Waals surface area contributed by atoms with Crippen LogP contribution in [-0.2, 0) is 4.74 Å². The molecule has 18 heavy (non-hydrogen) atoms. The number of hydrogen-bond donors (Lipinski definition) is 0. The summed E-state index contributed by atoms with van der Waals surface area (Å²) in [6.07, 6.45) is 1.80. The number of nitrogens with zero attached hydrogens (tertiary/aromatic N) is 1. The van der Waals surface area contributed by atoms with Crippen molar-refractivity contribution >= 4 is 10.9 Å². The molecule has 1 atom stereocenters. The van der Waals surface area contributed by atoms with Crippen LogP contribution in [0.2, 0.25) is 0 Å². The van der Waals surface area contributed by atoms with Gasteiger partial charge in [-0.15, -0.1) is 0 Å². The Kier molecular flexibility index (Phi) is 3.62. The second kappa shape index (κ2) is 5.02. The molecular formula is C15H18FNO. The van der Waals surface area contributed by atoms with Gasteiger partial charge < -0.3 is 4.74 Å². The molecule has 0 saturated carbocycles. The maximum Gasteiger partial charge on any atom is 0.123 e. The van der Waals surface area contributed by atoms with E-state index in [1.165, 1.54) is 6.07 Å². The van der Waals surface area contributed by atoms with Crippen molar-refractivity contribution in [1.29, 1.82) is 0 Å². The van der Waals surface area contributed by atoms with Crippen LogP contribution in [0.1, 0.15) is 43.9 Å². The third-order valence-corrected chi connectivity index (χ3v) is 3.28. The quantitative estimate of drug-likeness (QED) is 0.810. The SMILES string of the molecule is COC(C)c1c(C(C)C)cnc2ccc(F)cc12. The Labute approximate surface area is 107 Å². The summed E-state index contributed by atoms with van der Waals surface area (Å²) < 4.78 is 18.9. The number of rotatable bonds is 3. The number of hydrogen-bond acceptors (Lipinski definition) is 2. The van der Waals surface area contributed by atoms with E-state index < -0.39 is 0 Å². The lowest BCUT2D eigenvalue weighted by Crippen LogP contribution is -2.05. The predicted octanol–water partition coefficient (Wildman–Crippen LogP) is 4.20. The topological polar surface area (TPSA) is 22.1 Å². The molecule has 1 aromatic carbocycles. The number of benzene rings is 1. The van der Waals surface area contributed by atoms with Crippen molar-refractivity contribution in [3.8, 4) is 0 Å². The van der Waals surface area contributed by atoms with E-state index in [1.54, 1.807) is 19.2 Å². The average Bonchev–Trinajstić information content (AvgIpc) is 2.36. The largest absolute Gasteiger partial charge is 0.377 e. The fourth-order valence-electron chi connectivity index (χ4n) is 2.23. The van der Waals surface area contributed by atoms with Crippen molar-refractivity contribution < 1.29 is 9.13 Å². The van der Waals surface area contributed by atoms with Crippen molar-refractivity contribution in [2.24, 2.45) is 0 Å². The molecular weight excluding hydrogens is 229 g/mol. The van der Waals surface area contributed by atoms with Gasteiger partial charge >= 0.3 is 0 Å². The second-order valence-electron chi connectivity index (χ2n) is 4.82. The molecule has 2 rings (SSSR count). The first-order chi connectivity index (χ1) is 8.54. The minimum absolute atomic E-state index is 0.0744. The molecule has 0 bridgehead atoms. The van der Waals surface area contributed by atoms with Crippen molar-refractivity contribution in [2.45, 2.75) is 32.8 Å². The van der Waals surface area contributed by atoms with Crippen LogP contribution in [-0.4, -0.2) is 12.1 Å². The molecule has 0 fully saturated rings. The van der Waals surface area contributed by atoms with Gasteiger partial charge in [0.2, 0.25) is 0 Å². The standard InChI is InChI=1S/C15H18FNO/c1-9(2)13-8-17-14-6-5-11(16)7-12(14)15(13)10(3)18-4/h5-10H,1-4H3. The van der Waals surface area contributed by atoms with E-state index >= 15 is 0 Å². The lowest BCUT2D eigenvalue weighted by Gasteiger charge is -2.19. The van der Waals surface area contributed by atoms with Crippen LogP contribution in [0.4, 0.5) is 4.39 Å². The van der Waals surface area contributed by atoms with E-state index in [0.717, 1.165) is 22.0 Å². The lowest BCUT2D eigenvalue weighted by atomic mass is 9.93. The third kappa shape index (κ3) is 2.23. The zero-order valence-electron chi connectivity index (χ0n) is 11.2. The Morgan fingerprint density at radius 2 is 1.94 bits per heavy atom. The zero-order chi connectivity index (χ0) is 13.3. The molecule has 0 radical (unpaired) electrons. The summed E-state index contributed by atoms with van der Waals surface area (Å²) in [5.41, 5.74) is 2.96. The maximum atomic E-state index is 13.4. The molecule has 2 aromatic rings. The molecule has 1 heterocycles. The maximum absolute atomic E-state index is 13.4. The number of fused-ring (bicyclic) bond motifs is 1. The van der Waals surface area contributed by atoms with E-state index in [0.29, 0.717) is 5.92 Å². The molecule has 0 spiro atoms. The van der Waals surface area contributed by atoms with Gasteiger partial charge in [-0.2, -0.15) is 0 Å². The predicted molar refractivity (Wildman–Crippen MR) is 71.2 cm³/mol. The molecule has 0 aliphatic carbocycles. The Morgan fingerprint density at radius 3 is 2.56 bits per heavy atom. The Hall–Kier alpha value is -1.48. The summed E-state index contributed by atoms with van der Waals surface area (Å²) in [4.78, 5) is 4.40. The molecule has 1 aromatic heterocycles. The highest BCUT2D eigenvalue weighted by atomic mass is 19.1. The van der Waals surface area contributed by atoms with Crippen LogP contribution in [0.5, 0.6) is 0 Å². The highest BCUT2D eigenvalue weighted by Crippen LogP contribution is 2.32. The fourth-order valence-corrected chi connectivity index (χ4v) is 2.23. The van der Waals surface area contributed by atoms with Gasteiger partial charge in [0.25, 0.3) is 0 Å². The first kappa shape index (κ1) is 13.0. The number of methoxy groups -OCH3 is 1. The van der Waals surface area contributed by atoms with E-state index in [-0.39, 0.29) is 11.9 Å². The van der Waals surface area contributed by atoms with Crippen molar-refractivity contribution in [1.82, 2.24) is 4.98 Å². The van der Waals surface area contributed by atoms with E-state index in [9.17, 15) is 4.39 Å². The van der Waals surface area contributed by atoms with Crippen LogP contribution in [0.3, 0.4) is 0 Å². The molecule has 0 aliphatic rings. The van der Waals surface area contributed by atoms with Crippen molar-refractivity contribution in [3.63, 3.8) is 0 Å². The third-order valence-electron chi connectivity index (χ3n) is 3.28. The Bertz CT molecular complexity index is 566. The van der Waals surface area contributed by atoms with Crippen LogP contribution >= 0.6 is 0 Å². The van der Waals surface area contributed by atoms with Crippen LogP contribution in [0, 0.1) is 5.82 Å². The lowest BCUT2D eigenvalue weighted by molar-refractivity contribution is 0.119. The van der Waals surface area contributed by atoms with Gasteiger partial charge in [0.1, 0.15) is 5.82 Å². The highest BCUT2D eigenvalue weighted by Gasteiger charge is 2.17.